The van der Waals surface area contributed by atoms with Crippen molar-refractivity contribution in [1.29, 1.82) is 0 Å². The fourth-order valence-corrected chi connectivity index (χ4v) is 2.59. The molecular formula is C16H20N4O. The minimum absolute atomic E-state index is 0.0405. The highest BCUT2D eigenvalue weighted by Gasteiger charge is 2.14. The number of nitrogens with one attached hydrogen (secondary N) is 2. The van der Waals surface area contributed by atoms with Gasteiger partial charge in [-0.1, -0.05) is 30.3 Å². The lowest BCUT2D eigenvalue weighted by Crippen LogP contribution is -2.19. The number of aromatic nitrogens is 2. The van der Waals surface area contributed by atoms with Gasteiger partial charge in [0.25, 0.3) is 0 Å². The van der Waals surface area contributed by atoms with Crippen molar-refractivity contribution in [3.05, 3.63) is 47.9 Å². The summed E-state index contributed by atoms with van der Waals surface area (Å²) in [4.78, 5) is 16.5. The summed E-state index contributed by atoms with van der Waals surface area (Å²) in [5.74, 6) is 1.89. The van der Waals surface area contributed by atoms with E-state index in [0.717, 1.165) is 44.1 Å². The summed E-state index contributed by atoms with van der Waals surface area (Å²) in [6.45, 7) is 2.71. The topological polar surface area (TPSA) is 59.0 Å². The van der Waals surface area contributed by atoms with Crippen LogP contribution in [0.15, 0.2) is 36.5 Å². The second-order valence-corrected chi connectivity index (χ2v) is 5.25. The highest BCUT2D eigenvalue weighted by atomic mass is 16.1. The number of imidazole rings is 1. The van der Waals surface area contributed by atoms with Gasteiger partial charge in [0.1, 0.15) is 11.6 Å². The molecule has 1 aromatic carbocycles. The molecule has 0 fully saturated rings. The number of benzene rings is 1. The average molecular weight is 284 g/mol. The molecule has 1 amide bonds. The minimum atomic E-state index is 0.0405. The smallest absolute Gasteiger partial charge is 0.225 e. The van der Waals surface area contributed by atoms with E-state index in [1.807, 2.05) is 30.3 Å². The normalized spacial score (nSPS) is 14.3. The van der Waals surface area contributed by atoms with E-state index in [0.29, 0.717) is 6.42 Å². The molecule has 1 aliphatic rings. The first-order valence-electron chi connectivity index (χ1n) is 7.42. The van der Waals surface area contributed by atoms with Crippen molar-refractivity contribution in [3.8, 4) is 0 Å². The third-order valence-corrected chi connectivity index (χ3v) is 3.73. The van der Waals surface area contributed by atoms with Gasteiger partial charge in [0.05, 0.1) is 6.20 Å². The molecule has 0 saturated heterocycles. The van der Waals surface area contributed by atoms with Gasteiger partial charge in [-0.15, -0.1) is 0 Å². The van der Waals surface area contributed by atoms with Crippen LogP contribution >= 0.6 is 0 Å². The molecule has 2 aromatic rings. The summed E-state index contributed by atoms with van der Waals surface area (Å²) >= 11 is 0. The quantitative estimate of drug-likeness (QED) is 0.896. The Bertz CT molecular complexity index is 606. The van der Waals surface area contributed by atoms with Gasteiger partial charge >= 0.3 is 0 Å². The van der Waals surface area contributed by atoms with Crippen LogP contribution in [0.3, 0.4) is 0 Å². The number of aryl methyl sites for hydroxylation is 1. The van der Waals surface area contributed by atoms with Gasteiger partial charge in [-0.25, -0.2) is 4.98 Å². The fraction of sp³-hybridized carbons (Fsp3) is 0.375. The predicted molar refractivity (Wildman–Crippen MR) is 82.2 cm³/mol. The number of anilines is 1. The number of rotatable bonds is 4. The van der Waals surface area contributed by atoms with Crippen LogP contribution in [-0.4, -0.2) is 28.5 Å². The van der Waals surface area contributed by atoms with Crippen LogP contribution in [0.5, 0.6) is 0 Å². The van der Waals surface area contributed by atoms with Gasteiger partial charge in [0.2, 0.25) is 5.91 Å². The first-order valence-corrected chi connectivity index (χ1v) is 7.42. The maximum atomic E-state index is 12.1. The Kier molecular flexibility index (Phi) is 4.31. The minimum Gasteiger partial charge on any atom is -0.315 e. The Morgan fingerprint density at radius 3 is 3.00 bits per heavy atom. The zero-order valence-corrected chi connectivity index (χ0v) is 12.0. The van der Waals surface area contributed by atoms with E-state index in [9.17, 15) is 4.79 Å². The molecule has 0 bridgehead atoms. The third-order valence-electron chi connectivity index (χ3n) is 3.73. The highest BCUT2D eigenvalue weighted by Crippen LogP contribution is 2.14. The van der Waals surface area contributed by atoms with Crippen LogP contribution in [0.4, 0.5) is 5.82 Å². The molecule has 0 radical (unpaired) electrons. The fourth-order valence-electron chi connectivity index (χ4n) is 2.59. The Morgan fingerprint density at radius 1 is 1.29 bits per heavy atom. The molecule has 1 aliphatic heterocycles. The number of nitrogens with zero attached hydrogens (tertiary/aromatic N) is 2. The van der Waals surface area contributed by atoms with Gasteiger partial charge in [0, 0.05) is 32.5 Å². The largest absolute Gasteiger partial charge is 0.315 e. The Balaban J connectivity index is 1.59. The van der Waals surface area contributed by atoms with Crippen LogP contribution in [-0.2, 0) is 24.2 Å². The molecule has 5 nitrogen and oxygen atoms in total. The molecule has 5 heteroatoms. The van der Waals surface area contributed by atoms with E-state index in [2.05, 4.69) is 20.2 Å². The number of carbonyl (C=O) groups is 1. The van der Waals surface area contributed by atoms with Gasteiger partial charge < -0.3 is 15.2 Å². The van der Waals surface area contributed by atoms with Crippen LogP contribution in [0.1, 0.15) is 17.8 Å². The van der Waals surface area contributed by atoms with Gasteiger partial charge in [-0.05, 0) is 12.0 Å². The van der Waals surface area contributed by atoms with Gasteiger partial charge in [0.15, 0.2) is 0 Å². The molecule has 0 saturated carbocycles. The van der Waals surface area contributed by atoms with Crippen molar-refractivity contribution >= 4 is 11.7 Å². The number of carbonyl (C=O) groups excluding carboxylic acids is 1. The van der Waals surface area contributed by atoms with Crippen molar-refractivity contribution < 1.29 is 4.79 Å². The lowest BCUT2D eigenvalue weighted by Gasteiger charge is -2.10. The summed E-state index contributed by atoms with van der Waals surface area (Å²) in [6, 6.07) is 10.1. The molecule has 0 aliphatic carbocycles. The third kappa shape index (κ3) is 3.49. The van der Waals surface area contributed by atoms with Crippen molar-refractivity contribution in [2.24, 2.45) is 0 Å². The molecule has 0 atom stereocenters. The second kappa shape index (κ2) is 6.54. The first kappa shape index (κ1) is 13.8. The van der Waals surface area contributed by atoms with Crippen LogP contribution in [0.25, 0.3) is 0 Å². The highest BCUT2D eigenvalue weighted by molar-refractivity contribution is 5.89. The van der Waals surface area contributed by atoms with E-state index in [-0.39, 0.29) is 5.91 Å². The monoisotopic (exact) mass is 284 g/mol. The Labute approximate surface area is 124 Å². The van der Waals surface area contributed by atoms with Crippen molar-refractivity contribution in [2.75, 3.05) is 18.4 Å². The summed E-state index contributed by atoms with van der Waals surface area (Å²) in [7, 11) is 0. The van der Waals surface area contributed by atoms with Gasteiger partial charge in [-0.2, -0.15) is 0 Å². The predicted octanol–water partition coefficient (Wildman–Crippen LogP) is 1.60. The molecule has 3 rings (SSSR count). The average Bonchev–Trinajstić information content (AvgIpc) is 2.74. The van der Waals surface area contributed by atoms with Crippen LogP contribution < -0.4 is 10.6 Å². The summed E-state index contributed by atoms with van der Waals surface area (Å²) < 4.78 is 2.10. The standard InChI is InChI=1S/C16H20N4O/c21-16(7-6-13-4-2-1-3-5-13)19-15-12-18-14-8-9-17-10-11-20(14)15/h1-5,12,17H,6-11H2,(H,19,21). The molecule has 0 unspecified atom stereocenters. The second-order valence-electron chi connectivity index (χ2n) is 5.25. The van der Waals surface area contributed by atoms with E-state index in [4.69, 9.17) is 0 Å². The Morgan fingerprint density at radius 2 is 2.14 bits per heavy atom. The SMILES string of the molecule is O=C(CCc1ccccc1)Nc1cnc2n1CCNCC2. The number of hydrogen-bond donors (Lipinski definition) is 2. The number of hydrogen-bond acceptors (Lipinski definition) is 3. The van der Waals surface area contributed by atoms with E-state index < -0.39 is 0 Å². The lowest BCUT2D eigenvalue weighted by molar-refractivity contribution is -0.116. The zero-order chi connectivity index (χ0) is 14.5. The van der Waals surface area contributed by atoms with Crippen LogP contribution in [0.2, 0.25) is 0 Å². The van der Waals surface area contributed by atoms with Crippen molar-refractivity contribution in [2.45, 2.75) is 25.8 Å². The molecule has 21 heavy (non-hydrogen) atoms. The number of fused-ring (bicyclic) bond motifs is 1. The van der Waals surface area contributed by atoms with E-state index in [1.165, 1.54) is 5.56 Å². The maximum Gasteiger partial charge on any atom is 0.225 e. The zero-order valence-electron chi connectivity index (χ0n) is 12.0. The summed E-state index contributed by atoms with van der Waals surface area (Å²) in [5.41, 5.74) is 1.18. The van der Waals surface area contributed by atoms with E-state index >= 15 is 0 Å². The molecule has 110 valence electrons. The lowest BCUT2D eigenvalue weighted by atomic mass is 10.1. The summed E-state index contributed by atoms with van der Waals surface area (Å²) in [6.07, 6.45) is 3.92. The molecule has 2 heterocycles. The van der Waals surface area contributed by atoms with Crippen molar-refractivity contribution in [1.82, 2.24) is 14.9 Å². The maximum absolute atomic E-state index is 12.1. The molecule has 2 N–H and O–H groups in total. The van der Waals surface area contributed by atoms with E-state index in [1.54, 1.807) is 6.20 Å². The summed E-state index contributed by atoms with van der Waals surface area (Å²) in [5, 5.41) is 6.32. The number of amides is 1. The molecular weight excluding hydrogens is 264 g/mol. The molecule has 0 spiro atoms. The molecule has 1 aromatic heterocycles. The van der Waals surface area contributed by atoms with Gasteiger partial charge in [-0.3, -0.25) is 4.79 Å². The van der Waals surface area contributed by atoms with Crippen molar-refractivity contribution in [3.63, 3.8) is 0 Å². The first-order chi connectivity index (χ1) is 10.3. The van der Waals surface area contributed by atoms with Crippen LogP contribution in [0, 0.1) is 0 Å². The Hall–Kier alpha value is -2.14.